The molecule has 2 rings (SSSR count). The van der Waals surface area contributed by atoms with Crippen LogP contribution in [0, 0.1) is 11.3 Å². The summed E-state index contributed by atoms with van der Waals surface area (Å²) in [4.78, 5) is 2.25. The first kappa shape index (κ1) is 12.6. The summed E-state index contributed by atoms with van der Waals surface area (Å²) in [6.07, 6.45) is 1.10. The molecule has 0 amide bonds. The molecular weight excluding hydrogens is 278 g/mol. The Morgan fingerprint density at radius 1 is 1.29 bits per heavy atom. The van der Waals surface area contributed by atoms with Gasteiger partial charge in [-0.1, -0.05) is 34.1 Å². The maximum Gasteiger partial charge on any atom is 0.124 e. The van der Waals surface area contributed by atoms with Gasteiger partial charge in [0, 0.05) is 24.1 Å². The normalized spacial score (nSPS) is 19.3. The minimum absolute atomic E-state index is 0.148. The molecule has 1 fully saturated rings. The number of hydrogen-bond acceptors (Lipinski definition) is 3. The molecule has 4 heteroatoms. The summed E-state index contributed by atoms with van der Waals surface area (Å²) in [6.45, 7) is 3.92. The molecule has 1 unspecified atom stereocenters. The third-order valence-corrected chi connectivity index (χ3v) is 3.78. The second-order valence-electron chi connectivity index (χ2n) is 4.19. The van der Waals surface area contributed by atoms with Gasteiger partial charge in [-0.25, -0.2) is 0 Å². The molecule has 0 aliphatic carbocycles. The lowest BCUT2D eigenvalue weighted by atomic mass is 10.1. The first-order valence-corrected chi connectivity index (χ1v) is 6.71. The average molecular weight is 294 g/mol. The standard InChI is InChI=1S/C13H16BrN3/c14-12-5-2-1-4-11(12)13(10-15)17-8-3-6-16-7-9-17/h1-2,4-5,13,16H,3,6-9H2. The predicted molar refractivity (Wildman–Crippen MR) is 71.6 cm³/mol. The van der Waals surface area contributed by atoms with E-state index in [1.165, 1.54) is 0 Å². The molecule has 1 N–H and O–H groups in total. The van der Waals surface area contributed by atoms with Crippen molar-refractivity contribution in [3.05, 3.63) is 34.3 Å². The van der Waals surface area contributed by atoms with Gasteiger partial charge < -0.3 is 5.32 Å². The fourth-order valence-corrected chi connectivity index (χ4v) is 2.67. The molecule has 90 valence electrons. The van der Waals surface area contributed by atoms with E-state index in [4.69, 9.17) is 0 Å². The monoisotopic (exact) mass is 293 g/mol. The molecule has 0 bridgehead atoms. The van der Waals surface area contributed by atoms with E-state index in [1.54, 1.807) is 0 Å². The van der Waals surface area contributed by atoms with E-state index in [9.17, 15) is 5.26 Å². The second-order valence-corrected chi connectivity index (χ2v) is 5.05. The van der Waals surface area contributed by atoms with Gasteiger partial charge in [0.05, 0.1) is 6.07 Å². The summed E-state index contributed by atoms with van der Waals surface area (Å²) < 4.78 is 1.02. The highest BCUT2D eigenvalue weighted by molar-refractivity contribution is 9.10. The van der Waals surface area contributed by atoms with Crippen molar-refractivity contribution in [3.63, 3.8) is 0 Å². The number of nitrogens with zero attached hydrogens (tertiary/aromatic N) is 2. The van der Waals surface area contributed by atoms with Crippen molar-refractivity contribution in [2.75, 3.05) is 26.2 Å². The molecule has 0 spiro atoms. The zero-order chi connectivity index (χ0) is 12.1. The van der Waals surface area contributed by atoms with Crippen molar-refractivity contribution in [2.45, 2.75) is 12.5 Å². The Hall–Kier alpha value is -0.890. The Balaban J connectivity index is 2.21. The zero-order valence-corrected chi connectivity index (χ0v) is 11.3. The summed E-state index contributed by atoms with van der Waals surface area (Å²) in [5.41, 5.74) is 1.07. The van der Waals surface area contributed by atoms with Gasteiger partial charge in [-0.3, -0.25) is 4.90 Å². The van der Waals surface area contributed by atoms with Crippen molar-refractivity contribution in [3.8, 4) is 6.07 Å². The predicted octanol–water partition coefficient (Wildman–Crippen LogP) is 2.31. The van der Waals surface area contributed by atoms with E-state index in [-0.39, 0.29) is 6.04 Å². The maximum atomic E-state index is 9.42. The van der Waals surface area contributed by atoms with Crippen molar-refractivity contribution in [1.29, 1.82) is 5.26 Å². The summed E-state index contributed by atoms with van der Waals surface area (Å²) >= 11 is 3.53. The SMILES string of the molecule is N#CC(c1ccccc1Br)N1CCCNCC1. The molecule has 1 aliphatic heterocycles. The van der Waals surface area contributed by atoms with Gasteiger partial charge in [-0.05, 0) is 24.6 Å². The van der Waals surface area contributed by atoms with Crippen LogP contribution in [-0.4, -0.2) is 31.1 Å². The van der Waals surface area contributed by atoms with Crippen LogP contribution < -0.4 is 5.32 Å². The minimum atomic E-state index is -0.148. The lowest BCUT2D eigenvalue weighted by molar-refractivity contribution is 0.252. The van der Waals surface area contributed by atoms with Gasteiger partial charge in [-0.2, -0.15) is 5.26 Å². The van der Waals surface area contributed by atoms with Gasteiger partial charge in [0.1, 0.15) is 6.04 Å². The molecule has 1 aromatic rings. The van der Waals surface area contributed by atoms with Crippen LogP contribution in [0.2, 0.25) is 0 Å². The molecule has 17 heavy (non-hydrogen) atoms. The smallest absolute Gasteiger partial charge is 0.124 e. The summed E-state index contributed by atoms with van der Waals surface area (Å²) in [7, 11) is 0. The first-order chi connectivity index (χ1) is 8.33. The lowest BCUT2D eigenvalue weighted by Crippen LogP contribution is -2.31. The van der Waals surface area contributed by atoms with Crippen molar-refractivity contribution in [1.82, 2.24) is 10.2 Å². The fraction of sp³-hybridized carbons (Fsp3) is 0.462. The third-order valence-electron chi connectivity index (χ3n) is 3.06. The zero-order valence-electron chi connectivity index (χ0n) is 9.69. The Morgan fingerprint density at radius 2 is 2.12 bits per heavy atom. The Bertz CT molecular complexity index is 405. The van der Waals surface area contributed by atoms with Crippen molar-refractivity contribution >= 4 is 15.9 Å². The number of nitrogens with one attached hydrogen (secondary N) is 1. The topological polar surface area (TPSA) is 39.1 Å². The molecule has 1 aliphatic rings. The molecule has 1 atom stereocenters. The molecule has 1 heterocycles. The van der Waals surface area contributed by atoms with Crippen LogP contribution in [0.3, 0.4) is 0 Å². The van der Waals surface area contributed by atoms with Crippen LogP contribution in [0.4, 0.5) is 0 Å². The highest BCUT2D eigenvalue weighted by atomic mass is 79.9. The van der Waals surface area contributed by atoms with Gasteiger partial charge in [0.25, 0.3) is 0 Å². The van der Waals surface area contributed by atoms with Crippen molar-refractivity contribution in [2.24, 2.45) is 0 Å². The molecule has 0 saturated carbocycles. The summed E-state index contributed by atoms with van der Waals surface area (Å²) in [5, 5.41) is 12.8. The first-order valence-electron chi connectivity index (χ1n) is 5.92. The lowest BCUT2D eigenvalue weighted by Gasteiger charge is -2.25. The van der Waals surface area contributed by atoms with Crippen LogP contribution in [0.15, 0.2) is 28.7 Å². The van der Waals surface area contributed by atoms with Gasteiger partial charge in [-0.15, -0.1) is 0 Å². The van der Waals surface area contributed by atoms with Crippen LogP contribution in [0.25, 0.3) is 0 Å². The fourth-order valence-electron chi connectivity index (χ4n) is 2.17. The third kappa shape index (κ3) is 3.06. The number of nitriles is 1. The quantitative estimate of drug-likeness (QED) is 0.909. The van der Waals surface area contributed by atoms with Crippen molar-refractivity contribution < 1.29 is 0 Å². The van der Waals surface area contributed by atoms with Crippen LogP contribution in [0.1, 0.15) is 18.0 Å². The van der Waals surface area contributed by atoms with Gasteiger partial charge in [0.15, 0.2) is 0 Å². The molecule has 1 aromatic carbocycles. The van der Waals surface area contributed by atoms with Crippen LogP contribution in [0.5, 0.6) is 0 Å². The Kier molecular flexibility index (Phi) is 4.55. The molecule has 0 aromatic heterocycles. The number of rotatable bonds is 2. The average Bonchev–Trinajstić information content (AvgIpc) is 2.62. The minimum Gasteiger partial charge on any atom is -0.315 e. The highest BCUT2D eigenvalue weighted by Gasteiger charge is 2.22. The molecular formula is C13H16BrN3. The number of halogens is 1. The largest absolute Gasteiger partial charge is 0.315 e. The van der Waals surface area contributed by atoms with Gasteiger partial charge in [0.2, 0.25) is 0 Å². The highest BCUT2D eigenvalue weighted by Crippen LogP contribution is 2.27. The van der Waals surface area contributed by atoms with Gasteiger partial charge >= 0.3 is 0 Å². The molecule has 0 radical (unpaired) electrons. The Labute approximate surface area is 111 Å². The number of benzene rings is 1. The van der Waals surface area contributed by atoms with E-state index in [0.717, 1.165) is 42.6 Å². The van der Waals surface area contributed by atoms with E-state index in [1.807, 2.05) is 24.3 Å². The summed E-state index contributed by atoms with van der Waals surface area (Å²) in [5.74, 6) is 0. The van der Waals surface area contributed by atoms with Crippen LogP contribution >= 0.6 is 15.9 Å². The van der Waals surface area contributed by atoms with E-state index >= 15 is 0 Å². The van der Waals surface area contributed by atoms with E-state index < -0.39 is 0 Å². The maximum absolute atomic E-state index is 9.42. The summed E-state index contributed by atoms with van der Waals surface area (Å²) in [6, 6.07) is 10.3. The van der Waals surface area contributed by atoms with Crippen LogP contribution in [-0.2, 0) is 0 Å². The second kappa shape index (κ2) is 6.15. The van der Waals surface area contributed by atoms with E-state index in [2.05, 4.69) is 32.2 Å². The molecule has 1 saturated heterocycles. The van der Waals surface area contributed by atoms with E-state index in [0.29, 0.717) is 0 Å². The Morgan fingerprint density at radius 3 is 2.88 bits per heavy atom. The molecule has 3 nitrogen and oxygen atoms in total. The number of hydrogen-bond donors (Lipinski definition) is 1.